The van der Waals surface area contributed by atoms with Crippen LogP contribution in [-0.2, 0) is 0 Å². The maximum atomic E-state index is 11.0. The van der Waals surface area contributed by atoms with Crippen LogP contribution in [0.4, 0.5) is 0 Å². The molecule has 2 N–H and O–H groups in total. The highest BCUT2D eigenvalue weighted by Gasteiger charge is 2.26. The second kappa shape index (κ2) is 13.7. The van der Waals surface area contributed by atoms with Crippen LogP contribution in [-0.4, -0.2) is 10.2 Å². The molecule has 2 aliphatic carbocycles. The zero-order valence-corrected chi connectivity index (χ0v) is 24.0. The van der Waals surface area contributed by atoms with Crippen LogP contribution in [0, 0.1) is 13.8 Å². The molecule has 204 valence electrons. The molecule has 2 aromatic carbocycles. The van der Waals surface area contributed by atoms with Crippen LogP contribution in [0.15, 0.2) is 24.3 Å². The maximum Gasteiger partial charge on any atom is 0.119 e. The van der Waals surface area contributed by atoms with Gasteiger partial charge in [0.1, 0.15) is 11.5 Å². The fourth-order valence-electron chi connectivity index (χ4n) is 7.29. The zero-order valence-electron chi connectivity index (χ0n) is 24.0. The highest BCUT2D eigenvalue weighted by Crippen LogP contribution is 2.45. The number of benzene rings is 2. The summed E-state index contributed by atoms with van der Waals surface area (Å²) in [5, 5.41) is 22.0. The lowest BCUT2D eigenvalue weighted by Crippen LogP contribution is -2.11. The number of phenols is 2. The summed E-state index contributed by atoms with van der Waals surface area (Å²) in [5.74, 6) is 2.29. The Bertz CT molecular complexity index is 921. The molecule has 0 atom stereocenters. The molecular formula is C35H52O2. The van der Waals surface area contributed by atoms with E-state index in [1.54, 1.807) is 0 Å². The van der Waals surface area contributed by atoms with Crippen molar-refractivity contribution >= 4 is 0 Å². The number of aryl methyl sites for hydroxylation is 2. The maximum absolute atomic E-state index is 11.0. The lowest BCUT2D eigenvalue weighted by atomic mass is 9.76. The first-order valence-electron chi connectivity index (χ1n) is 15.7. The Kier molecular flexibility index (Phi) is 10.4. The van der Waals surface area contributed by atoms with Crippen molar-refractivity contribution in [2.45, 2.75) is 148 Å². The van der Waals surface area contributed by atoms with E-state index in [2.05, 4.69) is 32.9 Å². The van der Waals surface area contributed by atoms with Crippen LogP contribution in [0.25, 0.3) is 0 Å². The molecule has 4 rings (SSSR count). The van der Waals surface area contributed by atoms with E-state index in [9.17, 15) is 10.2 Å². The third kappa shape index (κ3) is 7.12. The topological polar surface area (TPSA) is 40.5 Å². The van der Waals surface area contributed by atoms with Crippen molar-refractivity contribution in [3.05, 3.63) is 57.6 Å². The van der Waals surface area contributed by atoms with Crippen molar-refractivity contribution in [1.82, 2.24) is 0 Å². The summed E-state index contributed by atoms with van der Waals surface area (Å²) in [4.78, 5) is 0. The lowest BCUT2D eigenvalue weighted by Gasteiger charge is -2.29. The predicted molar refractivity (Wildman–Crippen MR) is 157 cm³/mol. The van der Waals surface area contributed by atoms with E-state index in [0.717, 1.165) is 6.42 Å². The Hall–Kier alpha value is -1.96. The number of hydrogen-bond donors (Lipinski definition) is 2. The molecule has 0 radical (unpaired) electrons. The van der Waals surface area contributed by atoms with Crippen LogP contribution >= 0.6 is 0 Å². The summed E-state index contributed by atoms with van der Waals surface area (Å²) in [6.45, 7) is 6.66. The summed E-state index contributed by atoms with van der Waals surface area (Å²) >= 11 is 0. The van der Waals surface area contributed by atoms with E-state index >= 15 is 0 Å². The highest BCUT2D eigenvalue weighted by molar-refractivity contribution is 5.51. The van der Waals surface area contributed by atoms with Gasteiger partial charge in [-0.3, -0.25) is 0 Å². The molecule has 0 saturated heterocycles. The Labute approximate surface area is 226 Å². The van der Waals surface area contributed by atoms with Crippen molar-refractivity contribution < 1.29 is 10.2 Å². The van der Waals surface area contributed by atoms with Gasteiger partial charge >= 0.3 is 0 Å². The molecule has 0 spiro atoms. The number of unbranched alkanes of at least 4 members (excludes halogenated alkanes) is 5. The van der Waals surface area contributed by atoms with Gasteiger partial charge in [0.25, 0.3) is 0 Å². The van der Waals surface area contributed by atoms with E-state index in [-0.39, 0.29) is 0 Å². The second-order valence-electron chi connectivity index (χ2n) is 12.3. The fraction of sp³-hybridized carbons (Fsp3) is 0.657. The SMILES string of the molecule is CCCCCCCCC(c1cc(C2CCCCC2)c(O)cc1C)c1cc(C2CCCCC2)c(O)cc1C. The largest absolute Gasteiger partial charge is 0.508 e. The second-order valence-corrected chi connectivity index (χ2v) is 12.3. The molecule has 2 saturated carbocycles. The lowest BCUT2D eigenvalue weighted by molar-refractivity contribution is 0.412. The van der Waals surface area contributed by atoms with E-state index in [1.807, 2.05) is 12.1 Å². The highest BCUT2D eigenvalue weighted by atomic mass is 16.3. The summed E-state index contributed by atoms with van der Waals surface area (Å²) in [6, 6.07) is 8.86. The van der Waals surface area contributed by atoms with Gasteiger partial charge in [-0.05, 0) is 103 Å². The van der Waals surface area contributed by atoms with Gasteiger partial charge in [-0.25, -0.2) is 0 Å². The molecular weight excluding hydrogens is 452 g/mol. The number of rotatable bonds is 11. The predicted octanol–water partition coefficient (Wildman–Crippen LogP) is 10.7. The smallest absolute Gasteiger partial charge is 0.119 e. The quantitative estimate of drug-likeness (QED) is 0.299. The van der Waals surface area contributed by atoms with Gasteiger partial charge in [0, 0.05) is 5.92 Å². The molecule has 2 fully saturated rings. The molecule has 0 aromatic heterocycles. The van der Waals surface area contributed by atoms with Crippen molar-refractivity contribution in [2.24, 2.45) is 0 Å². The first-order valence-corrected chi connectivity index (χ1v) is 15.7. The van der Waals surface area contributed by atoms with Crippen LogP contribution in [0.2, 0.25) is 0 Å². The first-order chi connectivity index (χ1) is 18.0. The van der Waals surface area contributed by atoms with Gasteiger partial charge in [0.15, 0.2) is 0 Å². The van der Waals surface area contributed by atoms with Gasteiger partial charge in [-0.1, -0.05) is 96.1 Å². The molecule has 2 nitrogen and oxygen atoms in total. The van der Waals surface area contributed by atoms with Crippen molar-refractivity contribution in [2.75, 3.05) is 0 Å². The zero-order chi connectivity index (χ0) is 26.2. The van der Waals surface area contributed by atoms with E-state index in [0.29, 0.717) is 29.3 Å². The van der Waals surface area contributed by atoms with Gasteiger partial charge < -0.3 is 10.2 Å². The fourth-order valence-corrected chi connectivity index (χ4v) is 7.29. The Morgan fingerprint density at radius 2 is 1.05 bits per heavy atom. The standard InChI is InChI=1S/C35H52O2/c1-4-5-6-7-8-15-20-29(30-23-32(34(36)21-25(30)2)27-16-11-9-12-17-27)31-24-33(35(37)22-26(31)3)28-18-13-10-14-19-28/h21-24,27-29,36-37H,4-20H2,1-3H3. The molecule has 0 aliphatic heterocycles. The number of hydrogen-bond acceptors (Lipinski definition) is 2. The van der Waals surface area contributed by atoms with Gasteiger partial charge in [0.2, 0.25) is 0 Å². The minimum Gasteiger partial charge on any atom is -0.508 e. The average molecular weight is 505 g/mol. The third-order valence-electron chi connectivity index (χ3n) is 9.52. The molecule has 0 heterocycles. The molecule has 0 amide bonds. The van der Waals surface area contributed by atoms with E-state index in [1.165, 1.54) is 136 Å². The van der Waals surface area contributed by atoms with E-state index in [4.69, 9.17) is 0 Å². The minimum atomic E-state index is 0.317. The average Bonchev–Trinajstić information content (AvgIpc) is 2.90. The first kappa shape index (κ1) is 28.1. The van der Waals surface area contributed by atoms with Crippen LogP contribution < -0.4 is 0 Å². The Morgan fingerprint density at radius 3 is 1.51 bits per heavy atom. The van der Waals surface area contributed by atoms with Gasteiger partial charge in [-0.15, -0.1) is 0 Å². The van der Waals surface area contributed by atoms with Gasteiger partial charge in [-0.2, -0.15) is 0 Å². The summed E-state index contributed by atoms with van der Waals surface area (Å²) < 4.78 is 0. The summed E-state index contributed by atoms with van der Waals surface area (Å²) in [5.41, 5.74) is 7.57. The number of aromatic hydroxyl groups is 2. The summed E-state index contributed by atoms with van der Waals surface area (Å²) in [6.07, 6.45) is 21.5. The monoisotopic (exact) mass is 504 g/mol. The minimum absolute atomic E-state index is 0.317. The number of phenolic OH excluding ortho intramolecular Hbond substituents is 2. The third-order valence-corrected chi connectivity index (χ3v) is 9.52. The molecule has 2 aliphatic rings. The molecule has 2 aromatic rings. The molecule has 0 unspecified atom stereocenters. The van der Waals surface area contributed by atoms with E-state index < -0.39 is 0 Å². The summed E-state index contributed by atoms with van der Waals surface area (Å²) in [7, 11) is 0. The van der Waals surface area contributed by atoms with Crippen molar-refractivity contribution in [3.8, 4) is 11.5 Å². The normalized spacial score (nSPS) is 17.5. The molecule has 37 heavy (non-hydrogen) atoms. The molecule has 2 heteroatoms. The van der Waals surface area contributed by atoms with Crippen LogP contribution in [0.1, 0.15) is 167 Å². The van der Waals surface area contributed by atoms with Crippen molar-refractivity contribution in [3.63, 3.8) is 0 Å². The Morgan fingerprint density at radius 1 is 0.622 bits per heavy atom. The Balaban J connectivity index is 1.70. The van der Waals surface area contributed by atoms with Gasteiger partial charge in [0.05, 0.1) is 0 Å². The molecule has 0 bridgehead atoms. The van der Waals surface area contributed by atoms with Crippen molar-refractivity contribution in [1.29, 1.82) is 0 Å². The van der Waals surface area contributed by atoms with Crippen LogP contribution in [0.3, 0.4) is 0 Å². The van der Waals surface area contributed by atoms with Crippen LogP contribution in [0.5, 0.6) is 11.5 Å².